The first-order chi connectivity index (χ1) is 16.1. The Bertz CT molecular complexity index is 736. The quantitative estimate of drug-likeness (QED) is 0.105. The number of rotatable bonds is 18. The van der Waals surface area contributed by atoms with Crippen molar-refractivity contribution in [3.8, 4) is 0 Å². The van der Waals surface area contributed by atoms with Crippen LogP contribution in [-0.4, -0.2) is 35.8 Å². The molecule has 0 saturated heterocycles. The van der Waals surface area contributed by atoms with Crippen LogP contribution in [0.3, 0.4) is 0 Å². The molecular formula is C28H41NO4. The molecule has 0 fully saturated rings. The van der Waals surface area contributed by atoms with E-state index in [0.29, 0.717) is 30.7 Å². The first kappa shape index (κ1) is 26.8. The normalized spacial score (nSPS) is 13.2. The Morgan fingerprint density at radius 2 is 1.24 bits per heavy atom. The van der Waals surface area contributed by atoms with Gasteiger partial charge < -0.3 is 4.74 Å². The maximum Gasteiger partial charge on any atom is 0.305 e. The summed E-state index contributed by atoms with van der Waals surface area (Å²) >= 11 is 0. The number of unbranched alkanes of at least 4 members (excludes halogenated alkanes) is 11. The molecule has 182 valence electrons. The fraction of sp³-hybridized carbons (Fsp3) is 0.607. The smallest absolute Gasteiger partial charge is 0.305 e. The highest BCUT2D eigenvalue weighted by Gasteiger charge is 2.34. The van der Waals surface area contributed by atoms with Gasteiger partial charge in [0.1, 0.15) is 0 Å². The fourth-order valence-electron chi connectivity index (χ4n) is 4.21. The molecule has 33 heavy (non-hydrogen) atoms. The summed E-state index contributed by atoms with van der Waals surface area (Å²) < 4.78 is 4.93. The van der Waals surface area contributed by atoms with E-state index in [9.17, 15) is 14.4 Å². The molecule has 1 aromatic carbocycles. The molecule has 2 rings (SSSR count). The van der Waals surface area contributed by atoms with Gasteiger partial charge in [0, 0.05) is 13.0 Å². The average molecular weight is 456 g/mol. The molecule has 1 aliphatic rings. The predicted molar refractivity (Wildman–Crippen MR) is 132 cm³/mol. The number of ether oxygens (including phenoxy) is 1. The number of hydrogen-bond acceptors (Lipinski definition) is 4. The lowest BCUT2D eigenvalue weighted by molar-refractivity contribution is -0.143. The van der Waals surface area contributed by atoms with Crippen LogP contribution in [0.5, 0.6) is 0 Å². The van der Waals surface area contributed by atoms with Crippen molar-refractivity contribution in [3.05, 3.63) is 47.5 Å². The molecule has 0 saturated carbocycles. The molecule has 5 heteroatoms. The molecule has 1 aliphatic heterocycles. The first-order valence-corrected chi connectivity index (χ1v) is 12.9. The van der Waals surface area contributed by atoms with Gasteiger partial charge in [0.15, 0.2) is 0 Å². The summed E-state index contributed by atoms with van der Waals surface area (Å²) in [4.78, 5) is 37.3. The van der Waals surface area contributed by atoms with Crippen LogP contribution in [0.1, 0.15) is 118 Å². The Balaban J connectivity index is 1.36. The van der Waals surface area contributed by atoms with Gasteiger partial charge in [0.2, 0.25) is 0 Å². The van der Waals surface area contributed by atoms with Gasteiger partial charge in [-0.15, -0.1) is 0 Å². The predicted octanol–water partition coefficient (Wildman–Crippen LogP) is 6.86. The van der Waals surface area contributed by atoms with E-state index in [1.165, 1.54) is 43.4 Å². The second-order valence-corrected chi connectivity index (χ2v) is 8.80. The lowest BCUT2D eigenvalue weighted by atomic mass is 10.1. The second-order valence-electron chi connectivity index (χ2n) is 8.80. The van der Waals surface area contributed by atoms with Gasteiger partial charge in [-0.05, 0) is 57.6 Å². The summed E-state index contributed by atoms with van der Waals surface area (Å²) in [6, 6.07) is 7.09. The van der Waals surface area contributed by atoms with Crippen molar-refractivity contribution in [1.29, 1.82) is 0 Å². The molecule has 1 heterocycles. The van der Waals surface area contributed by atoms with Crippen LogP contribution in [0.15, 0.2) is 36.4 Å². The van der Waals surface area contributed by atoms with Crippen molar-refractivity contribution in [2.45, 2.75) is 96.8 Å². The summed E-state index contributed by atoms with van der Waals surface area (Å²) in [5.41, 5.74) is 1.09. The molecular weight excluding hydrogens is 414 g/mol. The summed E-state index contributed by atoms with van der Waals surface area (Å²) in [5.74, 6) is -0.352. The highest BCUT2D eigenvalue weighted by Crippen LogP contribution is 2.23. The summed E-state index contributed by atoms with van der Waals surface area (Å²) in [6.07, 6.45) is 19.9. The number of nitrogens with zero attached hydrogens (tertiary/aromatic N) is 1. The fourth-order valence-corrected chi connectivity index (χ4v) is 4.21. The SMILES string of the molecule is CCOC(=O)CCCCCCCC=CCCCCCCCCN1C(=O)c2ccccc2C1=O. The van der Waals surface area contributed by atoms with Crippen molar-refractivity contribution in [2.24, 2.45) is 0 Å². The molecule has 0 unspecified atom stereocenters. The minimum absolute atomic E-state index is 0.0678. The van der Waals surface area contributed by atoms with E-state index in [1.807, 2.05) is 6.92 Å². The Morgan fingerprint density at radius 1 is 0.758 bits per heavy atom. The number of carbonyl (C=O) groups excluding carboxylic acids is 3. The van der Waals surface area contributed by atoms with E-state index in [2.05, 4.69) is 12.2 Å². The number of esters is 1. The molecule has 0 atom stereocenters. The number of benzene rings is 1. The van der Waals surface area contributed by atoms with Crippen LogP contribution in [-0.2, 0) is 9.53 Å². The van der Waals surface area contributed by atoms with Gasteiger partial charge in [-0.3, -0.25) is 19.3 Å². The Labute approximate surface area is 199 Å². The topological polar surface area (TPSA) is 63.7 Å². The summed E-state index contributed by atoms with van der Waals surface area (Å²) in [7, 11) is 0. The zero-order chi connectivity index (χ0) is 23.7. The minimum Gasteiger partial charge on any atom is -0.466 e. The highest BCUT2D eigenvalue weighted by molar-refractivity contribution is 6.21. The summed E-state index contributed by atoms with van der Waals surface area (Å²) in [6.45, 7) is 2.85. The lowest BCUT2D eigenvalue weighted by Gasteiger charge is -2.13. The molecule has 2 amide bonds. The molecule has 0 aromatic heterocycles. The molecule has 5 nitrogen and oxygen atoms in total. The van der Waals surface area contributed by atoms with Gasteiger partial charge in [-0.2, -0.15) is 0 Å². The van der Waals surface area contributed by atoms with Crippen LogP contribution in [0.4, 0.5) is 0 Å². The molecule has 1 aromatic rings. The molecule has 0 radical (unpaired) electrons. The largest absolute Gasteiger partial charge is 0.466 e. The van der Waals surface area contributed by atoms with Crippen LogP contribution in [0.25, 0.3) is 0 Å². The number of fused-ring (bicyclic) bond motifs is 1. The molecule has 0 spiro atoms. The zero-order valence-electron chi connectivity index (χ0n) is 20.4. The van der Waals surface area contributed by atoms with Crippen LogP contribution >= 0.6 is 0 Å². The maximum atomic E-state index is 12.3. The Kier molecular flexibility index (Phi) is 13.2. The Hall–Kier alpha value is -2.43. The monoisotopic (exact) mass is 455 g/mol. The van der Waals surface area contributed by atoms with Crippen LogP contribution < -0.4 is 0 Å². The van der Waals surface area contributed by atoms with Gasteiger partial charge in [0.25, 0.3) is 11.8 Å². The van der Waals surface area contributed by atoms with Crippen molar-refractivity contribution >= 4 is 17.8 Å². The lowest BCUT2D eigenvalue weighted by Crippen LogP contribution is -2.30. The van der Waals surface area contributed by atoms with Crippen molar-refractivity contribution in [2.75, 3.05) is 13.2 Å². The minimum atomic E-state index is -0.142. The number of carbonyl (C=O) groups is 3. The third-order valence-corrected chi connectivity index (χ3v) is 6.10. The van der Waals surface area contributed by atoms with Gasteiger partial charge in [-0.1, -0.05) is 69.2 Å². The first-order valence-electron chi connectivity index (χ1n) is 12.9. The number of allylic oxidation sites excluding steroid dienone is 2. The van der Waals surface area contributed by atoms with Crippen molar-refractivity contribution in [3.63, 3.8) is 0 Å². The second kappa shape index (κ2) is 16.2. The van der Waals surface area contributed by atoms with Gasteiger partial charge in [-0.25, -0.2) is 0 Å². The number of amides is 2. The number of hydrogen-bond donors (Lipinski definition) is 0. The summed E-state index contributed by atoms with van der Waals surface area (Å²) in [5, 5.41) is 0. The maximum absolute atomic E-state index is 12.3. The molecule has 0 bridgehead atoms. The Morgan fingerprint density at radius 3 is 1.79 bits per heavy atom. The van der Waals surface area contributed by atoms with E-state index < -0.39 is 0 Å². The van der Waals surface area contributed by atoms with Crippen molar-refractivity contribution < 1.29 is 19.1 Å². The highest BCUT2D eigenvalue weighted by atomic mass is 16.5. The van der Waals surface area contributed by atoms with E-state index >= 15 is 0 Å². The van der Waals surface area contributed by atoms with E-state index in [-0.39, 0.29) is 17.8 Å². The zero-order valence-corrected chi connectivity index (χ0v) is 20.4. The van der Waals surface area contributed by atoms with E-state index in [1.54, 1.807) is 24.3 Å². The van der Waals surface area contributed by atoms with Crippen molar-refractivity contribution in [1.82, 2.24) is 4.90 Å². The van der Waals surface area contributed by atoms with E-state index in [0.717, 1.165) is 44.9 Å². The average Bonchev–Trinajstić information content (AvgIpc) is 3.06. The third kappa shape index (κ3) is 9.93. The van der Waals surface area contributed by atoms with E-state index in [4.69, 9.17) is 4.74 Å². The van der Waals surface area contributed by atoms with Crippen LogP contribution in [0, 0.1) is 0 Å². The van der Waals surface area contributed by atoms with Gasteiger partial charge in [0.05, 0.1) is 17.7 Å². The molecule has 0 N–H and O–H groups in total. The molecule has 0 aliphatic carbocycles. The number of imide groups is 1. The van der Waals surface area contributed by atoms with Crippen LogP contribution in [0.2, 0.25) is 0 Å². The standard InChI is InChI=1S/C28H41NO4/c1-2-33-26(30)22-16-14-12-10-8-6-4-3-5-7-9-11-13-15-19-23-29-27(31)24-20-17-18-21-25(24)28(29)32/h3-4,17-18,20-21H,2,5-16,19,22-23H2,1H3. The third-order valence-electron chi connectivity index (χ3n) is 6.10. The van der Waals surface area contributed by atoms with Gasteiger partial charge >= 0.3 is 5.97 Å².